The van der Waals surface area contributed by atoms with Crippen molar-refractivity contribution in [1.82, 2.24) is 14.7 Å². The molecule has 0 spiro atoms. The molecule has 0 bridgehead atoms. The lowest BCUT2D eigenvalue weighted by Gasteiger charge is -2.13. The fourth-order valence-electron chi connectivity index (χ4n) is 1.60. The molecule has 1 amide bonds. The lowest BCUT2D eigenvalue weighted by molar-refractivity contribution is -0.122. The van der Waals surface area contributed by atoms with Crippen molar-refractivity contribution in [1.29, 1.82) is 0 Å². The summed E-state index contributed by atoms with van der Waals surface area (Å²) in [5.74, 6) is -3.58. The van der Waals surface area contributed by atoms with E-state index in [1.807, 2.05) is 12.1 Å². The first-order valence-electron chi connectivity index (χ1n) is 5.77. The summed E-state index contributed by atoms with van der Waals surface area (Å²) >= 11 is 0. The van der Waals surface area contributed by atoms with Crippen LogP contribution in [-0.2, 0) is 11.2 Å². The number of hydrogen-bond donors (Lipinski definition) is 2. The maximum Gasteiger partial charge on any atom is 0.277 e. The molecule has 118 valence electrons. The zero-order valence-corrected chi connectivity index (χ0v) is 12.6. The third-order valence-corrected chi connectivity index (χ3v) is 2.60. The first-order valence-corrected chi connectivity index (χ1v) is 5.77. The van der Waals surface area contributed by atoms with Gasteiger partial charge in [0.05, 0.1) is 25.2 Å². The van der Waals surface area contributed by atoms with Crippen molar-refractivity contribution in [2.75, 3.05) is 13.1 Å². The number of hydrogen-bond acceptors (Lipinski definition) is 3. The van der Waals surface area contributed by atoms with E-state index in [0.717, 1.165) is 0 Å². The monoisotopic (exact) mass is 340 g/mol. The van der Waals surface area contributed by atoms with Crippen LogP contribution in [-0.4, -0.2) is 34.3 Å². The van der Waals surface area contributed by atoms with Crippen LogP contribution in [0.2, 0.25) is 0 Å². The van der Waals surface area contributed by atoms with Crippen molar-refractivity contribution < 1.29 is 13.6 Å². The number of pyridine rings is 1. The van der Waals surface area contributed by atoms with Gasteiger partial charge in [0.15, 0.2) is 0 Å². The minimum Gasteiger partial charge on any atom is -0.350 e. The first-order chi connectivity index (χ1) is 9.00. The van der Waals surface area contributed by atoms with Crippen LogP contribution in [0.25, 0.3) is 5.65 Å². The van der Waals surface area contributed by atoms with E-state index in [1.165, 1.54) is 0 Å². The Bertz CT molecular complexity index is 558. The largest absolute Gasteiger partial charge is 0.350 e. The molecule has 0 aliphatic rings. The lowest BCUT2D eigenvalue weighted by Crippen LogP contribution is -2.42. The van der Waals surface area contributed by atoms with E-state index in [-0.39, 0.29) is 31.2 Å². The molecule has 0 unspecified atom stereocenters. The number of rotatable bonds is 5. The molecule has 0 radical (unpaired) electrons. The number of halogens is 4. The molecular formula is C12H16Cl2F2N4O. The third-order valence-electron chi connectivity index (χ3n) is 2.60. The number of nitrogens with two attached hydrogens (primary N) is 1. The maximum atomic E-state index is 12.9. The standard InChI is InChI=1S/C12H14F2N4O.2ClH/c13-12(14,7-15)8-16-11(19)5-9-6-18-4-2-1-3-10(18)17-9;;/h1-4,6H,5,7-8,15H2,(H,16,19);2*1H. The molecule has 2 heterocycles. The molecule has 0 fully saturated rings. The predicted molar refractivity (Wildman–Crippen MR) is 80.4 cm³/mol. The third kappa shape index (κ3) is 5.45. The molecule has 5 nitrogen and oxygen atoms in total. The summed E-state index contributed by atoms with van der Waals surface area (Å²) in [7, 11) is 0. The highest BCUT2D eigenvalue weighted by Gasteiger charge is 2.27. The van der Waals surface area contributed by atoms with Gasteiger partial charge < -0.3 is 15.5 Å². The van der Waals surface area contributed by atoms with Gasteiger partial charge in [-0.15, -0.1) is 24.8 Å². The average molecular weight is 341 g/mol. The fourth-order valence-corrected chi connectivity index (χ4v) is 1.60. The average Bonchev–Trinajstić information content (AvgIpc) is 2.78. The molecule has 2 aromatic heterocycles. The maximum absolute atomic E-state index is 12.9. The highest BCUT2D eigenvalue weighted by molar-refractivity contribution is 5.85. The van der Waals surface area contributed by atoms with Crippen molar-refractivity contribution >= 4 is 36.4 Å². The molecule has 0 aliphatic heterocycles. The Morgan fingerprint density at radius 2 is 2.10 bits per heavy atom. The van der Waals surface area contributed by atoms with Crippen molar-refractivity contribution in [2.45, 2.75) is 12.3 Å². The summed E-state index contributed by atoms with van der Waals surface area (Å²) in [6.07, 6.45) is 3.45. The predicted octanol–water partition coefficient (Wildman–Crippen LogP) is 1.43. The number of alkyl halides is 2. The summed E-state index contributed by atoms with van der Waals surface area (Å²) in [5.41, 5.74) is 6.11. The zero-order chi connectivity index (χ0) is 13.9. The van der Waals surface area contributed by atoms with Crippen LogP contribution in [0, 0.1) is 0 Å². The van der Waals surface area contributed by atoms with E-state index in [4.69, 9.17) is 5.73 Å². The minimum atomic E-state index is -3.07. The van der Waals surface area contributed by atoms with Crippen LogP contribution in [0.5, 0.6) is 0 Å². The second-order valence-electron chi connectivity index (χ2n) is 4.21. The molecule has 0 aromatic carbocycles. The van der Waals surface area contributed by atoms with Gasteiger partial charge in [-0.25, -0.2) is 13.8 Å². The molecule has 2 aromatic rings. The van der Waals surface area contributed by atoms with Crippen LogP contribution in [0.1, 0.15) is 5.69 Å². The van der Waals surface area contributed by atoms with E-state index in [9.17, 15) is 13.6 Å². The number of carbonyl (C=O) groups excluding carboxylic acids is 1. The number of nitrogens with zero attached hydrogens (tertiary/aromatic N) is 2. The number of imidazole rings is 1. The molecule has 0 saturated carbocycles. The van der Waals surface area contributed by atoms with Crippen LogP contribution in [0.15, 0.2) is 30.6 Å². The topological polar surface area (TPSA) is 72.4 Å². The summed E-state index contributed by atoms with van der Waals surface area (Å²) in [4.78, 5) is 15.7. The Hall–Kier alpha value is -1.44. The van der Waals surface area contributed by atoms with Crippen LogP contribution < -0.4 is 11.1 Å². The molecule has 2 rings (SSSR count). The second kappa shape index (κ2) is 8.11. The molecular weight excluding hydrogens is 325 g/mol. The summed E-state index contributed by atoms with van der Waals surface area (Å²) in [5, 5.41) is 2.15. The van der Waals surface area contributed by atoms with Gasteiger partial charge in [-0.3, -0.25) is 4.79 Å². The Kier molecular flexibility index (Phi) is 7.56. The molecule has 21 heavy (non-hydrogen) atoms. The Morgan fingerprint density at radius 1 is 1.38 bits per heavy atom. The summed E-state index contributed by atoms with van der Waals surface area (Å²) in [6.45, 7) is -1.54. The van der Waals surface area contributed by atoms with Crippen molar-refractivity contribution in [2.24, 2.45) is 5.73 Å². The van der Waals surface area contributed by atoms with Crippen LogP contribution >= 0.6 is 24.8 Å². The van der Waals surface area contributed by atoms with Crippen molar-refractivity contribution in [3.05, 3.63) is 36.3 Å². The molecule has 3 N–H and O–H groups in total. The summed E-state index contributed by atoms with van der Waals surface area (Å²) < 4.78 is 27.5. The lowest BCUT2D eigenvalue weighted by atomic mass is 10.3. The minimum absolute atomic E-state index is 0. The van der Waals surface area contributed by atoms with E-state index >= 15 is 0 Å². The van der Waals surface area contributed by atoms with E-state index < -0.39 is 24.9 Å². The second-order valence-corrected chi connectivity index (χ2v) is 4.21. The molecule has 0 saturated heterocycles. The summed E-state index contributed by atoms with van der Waals surface area (Å²) in [6, 6.07) is 5.46. The Labute approximate surface area is 132 Å². The quantitative estimate of drug-likeness (QED) is 0.864. The smallest absolute Gasteiger partial charge is 0.277 e. The van der Waals surface area contributed by atoms with Gasteiger partial charge in [-0.05, 0) is 12.1 Å². The van der Waals surface area contributed by atoms with Crippen molar-refractivity contribution in [3.63, 3.8) is 0 Å². The van der Waals surface area contributed by atoms with Crippen molar-refractivity contribution in [3.8, 4) is 0 Å². The number of fused-ring (bicyclic) bond motifs is 1. The highest BCUT2D eigenvalue weighted by Crippen LogP contribution is 2.09. The molecule has 9 heteroatoms. The SMILES string of the molecule is Cl.Cl.NCC(F)(F)CNC(=O)Cc1cn2ccccc2n1. The van der Waals surface area contributed by atoms with E-state index in [2.05, 4.69) is 10.3 Å². The molecule has 0 atom stereocenters. The molecule has 0 aliphatic carbocycles. The highest BCUT2D eigenvalue weighted by atomic mass is 35.5. The normalized spacial score (nSPS) is 10.6. The van der Waals surface area contributed by atoms with Gasteiger partial charge in [0.1, 0.15) is 5.65 Å². The number of carbonyl (C=O) groups is 1. The first kappa shape index (κ1) is 19.6. The zero-order valence-electron chi connectivity index (χ0n) is 11.0. The van der Waals surface area contributed by atoms with Gasteiger partial charge in [0.25, 0.3) is 5.92 Å². The van der Waals surface area contributed by atoms with Gasteiger partial charge in [-0.1, -0.05) is 6.07 Å². The van der Waals surface area contributed by atoms with Gasteiger partial charge >= 0.3 is 0 Å². The number of amides is 1. The Balaban J connectivity index is 0.00000200. The fraction of sp³-hybridized carbons (Fsp3) is 0.333. The number of nitrogens with one attached hydrogen (secondary N) is 1. The van der Waals surface area contributed by atoms with Crippen LogP contribution in [0.4, 0.5) is 8.78 Å². The van der Waals surface area contributed by atoms with Crippen LogP contribution in [0.3, 0.4) is 0 Å². The number of aromatic nitrogens is 2. The van der Waals surface area contributed by atoms with E-state index in [0.29, 0.717) is 11.3 Å². The Morgan fingerprint density at radius 3 is 2.71 bits per heavy atom. The van der Waals surface area contributed by atoms with Gasteiger partial charge in [-0.2, -0.15) is 0 Å². The van der Waals surface area contributed by atoms with Gasteiger partial charge in [0.2, 0.25) is 5.91 Å². The van der Waals surface area contributed by atoms with E-state index in [1.54, 1.807) is 22.9 Å². The van der Waals surface area contributed by atoms with Gasteiger partial charge in [0, 0.05) is 12.4 Å².